The van der Waals surface area contributed by atoms with Gasteiger partial charge in [0, 0.05) is 5.69 Å². The first kappa shape index (κ1) is 20.4. The minimum Gasteiger partial charge on any atom is -0.495 e. The van der Waals surface area contributed by atoms with Crippen molar-refractivity contribution in [2.45, 2.75) is 18.6 Å². The van der Waals surface area contributed by atoms with Gasteiger partial charge in [-0.3, -0.25) is 9.59 Å². The molecule has 0 aliphatic heterocycles. The average molecular weight is 390 g/mol. The molecule has 0 spiro atoms. The van der Waals surface area contributed by atoms with E-state index in [9.17, 15) is 18.0 Å². The van der Waals surface area contributed by atoms with Crippen LogP contribution in [0.1, 0.15) is 13.3 Å². The fraction of sp³-hybridized carbons (Fsp3) is 0.263. The lowest BCUT2D eigenvalue weighted by Gasteiger charge is -2.16. The molecule has 0 saturated heterocycles. The Morgan fingerprint density at radius 3 is 2.26 bits per heavy atom. The number of ether oxygens (including phenoxy) is 1. The molecule has 2 aromatic rings. The molecule has 2 aromatic carbocycles. The van der Waals surface area contributed by atoms with E-state index in [4.69, 9.17) is 4.74 Å². The lowest BCUT2D eigenvalue weighted by Crippen LogP contribution is -2.39. The van der Waals surface area contributed by atoms with Gasteiger partial charge in [-0.15, -0.1) is 0 Å². The van der Waals surface area contributed by atoms with Crippen LogP contribution in [0.15, 0.2) is 54.6 Å². The minimum absolute atomic E-state index is 0.0585. The third kappa shape index (κ3) is 5.55. The van der Waals surface area contributed by atoms with Gasteiger partial charge in [0.1, 0.15) is 16.8 Å². The van der Waals surface area contributed by atoms with E-state index in [1.807, 2.05) is 0 Å². The molecule has 0 saturated carbocycles. The summed E-state index contributed by atoms with van der Waals surface area (Å²) in [5, 5.41) is 3.76. The first-order valence-corrected chi connectivity index (χ1v) is 10.1. The summed E-state index contributed by atoms with van der Waals surface area (Å²) in [6, 6.07) is 15.2. The molecule has 8 heteroatoms. The van der Waals surface area contributed by atoms with Crippen LogP contribution in [0.2, 0.25) is 0 Å². The molecular weight excluding hydrogens is 368 g/mol. The highest BCUT2D eigenvalue weighted by Crippen LogP contribution is 2.23. The second kappa shape index (κ2) is 9.18. The first-order valence-electron chi connectivity index (χ1n) is 8.37. The Labute approximate surface area is 158 Å². The largest absolute Gasteiger partial charge is 0.495 e. The molecule has 2 amide bonds. The van der Waals surface area contributed by atoms with Gasteiger partial charge in [-0.05, 0) is 30.7 Å². The number of benzene rings is 2. The maximum atomic E-state index is 12.6. The van der Waals surface area contributed by atoms with Crippen molar-refractivity contribution in [3.05, 3.63) is 54.6 Å². The molecule has 0 bridgehead atoms. The van der Waals surface area contributed by atoms with Gasteiger partial charge in [0.25, 0.3) is 0 Å². The van der Waals surface area contributed by atoms with Gasteiger partial charge in [-0.1, -0.05) is 37.3 Å². The van der Waals surface area contributed by atoms with Crippen molar-refractivity contribution in [1.29, 1.82) is 0 Å². The summed E-state index contributed by atoms with van der Waals surface area (Å²) >= 11 is 0. The van der Waals surface area contributed by atoms with Crippen molar-refractivity contribution in [3.63, 3.8) is 0 Å². The number of sulfone groups is 1. The summed E-state index contributed by atoms with van der Waals surface area (Å²) in [5.41, 5.74) is 0.858. The first-order chi connectivity index (χ1) is 12.9. The van der Waals surface area contributed by atoms with E-state index >= 15 is 0 Å². The zero-order chi connectivity index (χ0) is 19.9. The molecule has 144 valence electrons. The van der Waals surface area contributed by atoms with Crippen LogP contribution in [-0.2, 0) is 19.4 Å². The fourth-order valence-corrected chi connectivity index (χ4v) is 4.10. The number of carbonyl (C=O) groups is 2. The van der Waals surface area contributed by atoms with E-state index in [0.717, 1.165) is 0 Å². The predicted molar refractivity (Wildman–Crippen MR) is 105 cm³/mol. The van der Waals surface area contributed by atoms with Gasteiger partial charge in [0.15, 0.2) is 9.84 Å². The van der Waals surface area contributed by atoms with Gasteiger partial charge in [0.2, 0.25) is 11.8 Å². The highest BCUT2D eigenvalue weighted by atomic mass is 32.2. The van der Waals surface area contributed by atoms with Gasteiger partial charge in [-0.2, -0.15) is 0 Å². The second-order valence-electron chi connectivity index (χ2n) is 5.81. The second-order valence-corrected chi connectivity index (χ2v) is 7.99. The van der Waals surface area contributed by atoms with Crippen molar-refractivity contribution in [2.24, 2.45) is 0 Å². The highest BCUT2D eigenvalue weighted by Gasteiger charge is 2.33. The molecule has 1 atom stereocenters. The van der Waals surface area contributed by atoms with E-state index < -0.39 is 32.7 Å². The molecule has 2 N–H and O–H groups in total. The maximum absolute atomic E-state index is 12.6. The summed E-state index contributed by atoms with van der Waals surface area (Å²) in [6.45, 7) is 1.59. The number of nitrogens with one attached hydrogen (secondary N) is 2. The average Bonchev–Trinajstić information content (AvgIpc) is 2.62. The quantitative estimate of drug-likeness (QED) is 0.721. The van der Waals surface area contributed by atoms with Gasteiger partial charge in [0.05, 0.1) is 12.8 Å². The third-order valence-electron chi connectivity index (χ3n) is 3.85. The lowest BCUT2D eigenvalue weighted by atomic mass is 10.3. The Morgan fingerprint density at radius 1 is 1.00 bits per heavy atom. The van der Waals surface area contributed by atoms with Crippen LogP contribution >= 0.6 is 0 Å². The Hall–Kier alpha value is -2.87. The number of methoxy groups -OCH3 is 1. The van der Waals surface area contributed by atoms with Crippen LogP contribution < -0.4 is 15.4 Å². The monoisotopic (exact) mass is 390 g/mol. The van der Waals surface area contributed by atoms with Crippen molar-refractivity contribution < 1.29 is 22.7 Å². The number of hydrogen-bond donors (Lipinski definition) is 2. The summed E-state index contributed by atoms with van der Waals surface area (Å²) in [6.07, 6.45) is 0.0585. The Balaban J connectivity index is 2.08. The van der Waals surface area contributed by atoms with Gasteiger partial charge in [-0.25, -0.2) is 8.42 Å². The van der Waals surface area contributed by atoms with E-state index in [0.29, 0.717) is 17.1 Å². The van der Waals surface area contributed by atoms with Gasteiger partial charge >= 0.3 is 0 Å². The van der Waals surface area contributed by atoms with Crippen molar-refractivity contribution in [2.75, 3.05) is 23.5 Å². The van der Waals surface area contributed by atoms with Crippen molar-refractivity contribution in [1.82, 2.24) is 0 Å². The number of amides is 2. The molecule has 27 heavy (non-hydrogen) atoms. The van der Waals surface area contributed by atoms with Crippen LogP contribution in [-0.4, -0.2) is 38.3 Å². The van der Waals surface area contributed by atoms with Crippen molar-refractivity contribution in [3.8, 4) is 5.75 Å². The van der Waals surface area contributed by atoms with E-state index in [-0.39, 0.29) is 6.42 Å². The van der Waals surface area contributed by atoms with Crippen LogP contribution in [0.4, 0.5) is 11.4 Å². The highest BCUT2D eigenvalue weighted by molar-refractivity contribution is 7.93. The topological polar surface area (TPSA) is 102 Å². The molecule has 2 rings (SSSR count). The Bertz CT molecular complexity index is 897. The normalized spacial score (nSPS) is 12.1. The van der Waals surface area contributed by atoms with Crippen LogP contribution in [0.25, 0.3) is 0 Å². The molecule has 0 heterocycles. The molecule has 1 unspecified atom stereocenters. The van der Waals surface area contributed by atoms with Gasteiger partial charge < -0.3 is 15.4 Å². The molecular formula is C19H22N2O5S. The summed E-state index contributed by atoms with van der Waals surface area (Å²) in [5.74, 6) is -1.78. The molecule has 0 aliphatic rings. The zero-order valence-electron chi connectivity index (χ0n) is 15.1. The molecule has 0 aliphatic carbocycles. The minimum atomic E-state index is -4.00. The number of carbonyl (C=O) groups excluding carboxylic acids is 2. The molecule has 7 nitrogen and oxygen atoms in total. The summed E-state index contributed by atoms with van der Waals surface area (Å²) in [4.78, 5) is 24.6. The van der Waals surface area contributed by atoms with Crippen LogP contribution in [0.3, 0.4) is 0 Å². The van der Waals surface area contributed by atoms with E-state index in [2.05, 4.69) is 10.6 Å². The zero-order valence-corrected chi connectivity index (χ0v) is 16.0. The summed E-state index contributed by atoms with van der Waals surface area (Å²) in [7, 11) is -2.55. The number of hydrogen-bond acceptors (Lipinski definition) is 5. The SMILES string of the molecule is CCC(C(=O)Nc1ccccc1)S(=O)(=O)CC(=O)Nc1ccccc1OC. The molecule has 0 radical (unpaired) electrons. The number of rotatable bonds is 8. The molecule has 0 aromatic heterocycles. The third-order valence-corrected chi connectivity index (χ3v) is 5.93. The Morgan fingerprint density at radius 2 is 1.63 bits per heavy atom. The Kier molecular flexibility index (Phi) is 6.95. The van der Waals surface area contributed by atoms with Crippen LogP contribution in [0.5, 0.6) is 5.75 Å². The predicted octanol–water partition coefficient (Wildman–Crippen LogP) is 2.47. The number of para-hydroxylation sites is 3. The van der Waals surface area contributed by atoms with Crippen molar-refractivity contribution >= 4 is 33.0 Å². The standard InChI is InChI=1S/C19H22N2O5S/c1-3-17(19(23)20-14-9-5-4-6-10-14)27(24,25)13-18(22)21-15-11-7-8-12-16(15)26-2/h4-12,17H,3,13H2,1-2H3,(H,20,23)(H,21,22). The molecule has 0 fully saturated rings. The van der Waals surface area contributed by atoms with E-state index in [1.54, 1.807) is 61.5 Å². The maximum Gasteiger partial charge on any atom is 0.242 e. The number of anilines is 2. The summed E-state index contributed by atoms with van der Waals surface area (Å²) < 4.78 is 30.3. The van der Waals surface area contributed by atoms with E-state index in [1.165, 1.54) is 7.11 Å². The lowest BCUT2D eigenvalue weighted by molar-refractivity contribution is -0.115. The fourth-order valence-electron chi connectivity index (χ4n) is 2.56. The van der Waals surface area contributed by atoms with Crippen LogP contribution in [0, 0.1) is 0 Å². The smallest absolute Gasteiger partial charge is 0.242 e.